The fourth-order valence-corrected chi connectivity index (χ4v) is 5.98. The molecule has 1 aromatic carbocycles. The van der Waals surface area contributed by atoms with Crippen LogP contribution in [0.15, 0.2) is 30.3 Å². The summed E-state index contributed by atoms with van der Waals surface area (Å²) in [5.74, 6) is -6.33. The van der Waals surface area contributed by atoms with E-state index in [2.05, 4.69) is 0 Å². The van der Waals surface area contributed by atoms with Crippen LogP contribution < -0.4 is 0 Å². The molecule has 19 nitrogen and oxygen atoms in total. The predicted octanol–water partition coefficient (Wildman–Crippen LogP) is 1.54. The fourth-order valence-electron chi connectivity index (χ4n) is 5.98. The van der Waals surface area contributed by atoms with Crippen molar-refractivity contribution < 1.29 is 90.5 Å². The quantitative estimate of drug-likeness (QED) is 0.181. The first-order valence-electron chi connectivity index (χ1n) is 17.3. The van der Waals surface area contributed by atoms with E-state index in [1.165, 1.54) is 7.11 Å². The number of rotatable bonds is 15. The zero-order chi connectivity index (χ0) is 41.7. The summed E-state index contributed by atoms with van der Waals surface area (Å²) in [6, 6.07) is 6.43. The lowest BCUT2D eigenvalue weighted by Gasteiger charge is -2.49. The van der Waals surface area contributed by atoms with Crippen LogP contribution in [0.2, 0.25) is 0 Å². The Balaban J connectivity index is 2.16. The summed E-state index contributed by atoms with van der Waals surface area (Å²) in [7, 11) is 1.26. The van der Waals surface area contributed by atoms with Crippen LogP contribution >= 0.6 is 0 Å². The fraction of sp³-hybridized carbons (Fsp3) is 0.568. The lowest BCUT2D eigenvalue weighted by Crippen LogP contribution is -2.67. The maximum absolute atomic E-state index is 12.6. The molecule has 10 atom stereocenters. The number of carbonyl (C=O) groups is 8. The maximum atomic E-state index is 12.6. The number of benzene rings is 1. The van der Waals surface area contributed by atoms with Gasteiger partial charge in [-0.25, -0.2) is 4.79 Å². The molecule has 0 spiro atoms. The highest BCUT2D eigenvalue weighted by Crippen LogP contribution is 2.36. The smallest absolute Gasteiger partial charge is 0.337 e. The molecule has 0 N–H and O–H groups in total. The van der Waals surface area contributed by atoms with E-state index in [9.17, 15) is 38.4 Å². The molecule has 308 valence electrons. The summed E-state index contributed by atoms with van der Waals surface area (Å²) < 4.78 is 61.8. The van der Waals surface area contributed by atoms with Gasteiger partial charge in [-0.15, -0.1) is 0 Å². The van der Waals surface area contributed by atoms with Gasteiger partial charge in [0.25, 0.3) is 0 Å². The van der Waals surface area contributed by atoms with Crippen LogP contribution in [0.5, 0.6) is 0 Å². The zero-order valence-corrected chi connectivity index (χ0v) is 32.1. The lowest BCUT2D eigenvalue weighted by molar-refractivity contribution is -0.344. The molecule has 2 aliphatic heterocycles. The van der Waals surface area contributed by atoms with Gasteiger partial charge in [0.1, 0.15) is 37.6 Å². The molecule has 2 fully saturated rings. The number of hydrogen-bond donors (Lipinski definition) is 0. The highest BCUT2D eigenvalue weighted by Gasteiger charge is 2.57. The molecule has 3 rings (SSSR count). The minimum Gasteiger partial charge on any atom is -0.465 e. The third-order valence-electron chi connectivity index (χ3n) is 8.03. The van der Waals surface area contributed by atoms with Crippen molar-refractivity contribution in [3.8, 4) is 0 Å². The van der Waals surface area contributed by atoms with Crippen molar-refractivity contribution in [1.82, 2.24) is 0 Å². The molecule has 0 amide bonds. The number of esters is 8. The van der Waals surface area contributed by atoms with Crippen LogP contribution in [0.25, 0.3) is 6.08 Å². The molecule has 2 saturated heterocycles. The van der Waals surface area contributed by atoms with Crippen LogP contribution in [0, 0.1) is 0 Å². The zero-order valence-electron chi connectivity index (χ0n) is 32.1. The van der Waals surface area contributed by atoms with Gasteiger partial charge in [0.15, 0.2) is 36.8 Å². The minimum atomic E-state index is -1.80. The van der Waals surface area contributed by atoms with Crippen LogP contribution in [0.3, 0.4) is 0 Å². The van der Waals surface area contributed by atoms with E-state index in [0.29, 0.717) is 11.1 Å². The molecule has 56 heavy (non-hydrogen) atoms. The van der Waals surface area contributed by atoms with E-state index in [4.69, 9.17) is 52.1 Å². The highest BCUT2D eigenvalue weighted by atomic mass is 16.8. The lowest BCUT2D eigenvalue weighted by atomic mass is 9.91. The Morgan fingerprint density at radius 3 is 1.43 bits per heavy atom. The van der Waals surface area contributed by atoms with Crippen molar-refractivity contribution >= 4 is 53.8 Å². The number of methoxy groups -OCH3 is 1. The van der Waals surface area contributed by atoms with Crippen LogP contribution in [0.4, 0.5) is 0 Å². The van der Waals surface area contributed by atoms with Crippen molar-refractivity contribution in [1.29, 1.82) is 0 Å². The van der Waals surface area contributed by atoms with Crippen LogP contribution in [-0.2, 0) is 85.7 Å². The molecule has 0 saturated carbocycles. The Labute approximate surface area is 322 Å². The van der Waals surface area contributed by atoms with E-state index < -0.39 is 122 Å². The van der Waals surface area contributed by atoms with Crippen molar-refractivity contribution in [3.05, 3.63) is 41.5 Å². The SMILES string of the molecule is COC(=O)c1ccc(C=CC[C@H]2O[C@H](COC(C)=O)[C@@H](OC(C)=O)[C@H](O[C@H]3O[C@H](COC(C)=O)[C@@H](OC(C)=O)[C@H](OC(C)=O)[C@@H]3OC(C)=O)[C@@H]2OC(C)=O)cc1. The molecule has 0 aliphatic carbocycles. The standard InChI is InChI=1S/C37H46O19/c1-18(38)47-16-28-31(50-21(4)41)33(30(49-20(3)40)27(54-28)11-9-10-25-12-14-26(15-13-25)36(45)46-8)56-37-35(53-24(7)44)34(52-23(6)43)32(51-22(5)42)29(55-37)17-48-19(2)39/h9-10,12-15,27-35,37H,11,16-17H2,1-8H3/t27-,28-,29-,30-,31-,32-,33-,34+,35+,37-/m1/s1. The Bertz CT molecular complexity index is 1620. The number of ether oxygens (including phenoxy) is 11. The largest absolute Gasteiger partial charge is 0.465 e. The second-order valence-electron chi connectivity index (χ2n) is 12.6. The molecular weight excluding hydrogens is 748 g/mol. The van der Waals surface area contributed by atoms with Gasteiger partial charge >= 0.3 is 47.8 Å². The predicted molar refractivity (Wildman–Crippen MR) is 185 cm³/mol. The van der Waals surface area contributed by atoms with Gasteiger partial charge in [-0.05, 0) is 24.1 Å². The first-order valence-corrected chi connectivity index (χ1v) is 17.3. The molecule has 0 unspecified atom stereocenters. The van der Waals surface area contributed by atoms with Crippen molar-refractivity contribution in [2.45, 2.75) is 116 Å². The van der Waals surface area contributed by atoms with E-state index in [1.54, 1.807) is 36.4 Å². The van der Waals surface area contributed by atoms with Crippen molar-refractivity contribution in [2.75, 3.05) is 20.3 Å². The Morgan fingerprint density at radius 2 is 0.964 bits per heavy atom. The second-order valence-corrected chi connectivity index (χ2v) is 12.6. The molecule has 2 heterocycles. The van der Waals surface area contributed by atoms with Crippen LogP contribution in [-0.4, -0.2) is 129 Å². The van der Waals surface area contributed by atoms with Crippen molar-refractivity contribution in [3.63, 3.8) is 0 Å². The van der Waals surface area contributed by atoms with Crippen molar-refractivity contribution in [2.24, 2.45) is 0 Å². The van der Waals surface area contributed by atoms with Crippen LogP contribution in [0.1, 0.15) is 70.8 Å². The minimum absolute atomic E-state index is 0.00149. The summed E-state index contributed by atoms with van der Waals surface area (Å²) >= 11 is 0. The van der Waals surface area contributed by atoms with E-state index >= 15 is 0 Å². The highest BCUT2D eigenvalue weighted by molar-refractivity contribution is 5.89. The average Bonchev–Trinajstić information content (AvgIpc) is 3.10. The first-order chi connectivity index (χ1) is 26.4. The maximum Gasteiger partial charge on any atom is 0.337 e. The molecule has 0 radical (unpaired) electrons. The molecular formula is C37H46O19. The number of carbonyl (C=O) groups excluding carboxylic acids is 8. The Morgan fingerprint density at radius 1 is 0.536 bits per heavy atom. The Hall–Kier alpha value is -5.40. The van der Waals surface area contributed by atoms with Gasteiger partial charge in [-0.2, -0.15) is 0 Å². The van der Waals surface area contributed by atoms with Gasteiger partial charge < -0.3 is 52.1 Å². The van der Waals surface area contributed by atoms with E-state index in [0.717, 1.165) is 48.5 Å². The summed E-state index contributed by atoms with van der Waals surface area (Å²) in [6.45, 7) is 6.51. The van der Waals surface area contributed by atoms with Gasteiger partial charge in [0, 0.05) is 48.5 Å². The Kier molecular flexibility index (Phi) is 16.9. The summed E-state index contributed by atoms with van der Waals surface area (Å²) in [4.78, 5) is 97.9. The van der Waals surface area contributed by atoms with Gasteiger partial charge in [-0.3, -0.25) is 33.6 Å². The van der Waals surface area contributed by atoms with Gasteiger partial charge in [0.05, 0.1) is 12.7 Å². The van der Waals surface area contributed by atoms with E-state index in [1.807, 2.05) is 0 Å². The molecule has 0 aromatic heterocycles. The summed E-state index contributed by atoms with van der Waals surface area (Å²) in [5.41, 5.74) is 0.985. The topological polar surface area (TPSA) is 238 Å². The molecule has 0 bridgehead atoms. The van der Waals surface area contributed by atoms with E-state index in [-0.39, 0.29) is 6.42 Å². The molecule has 19 heteroatoms. The molecule has 1 aromatic rings. The third kappa shape index (κ3) is 13.4. The monoisotopic (exact) mass is 794 g/mol. The average molecular weight is 795 g/mol. The van der Waals surface area contributed by atoms with Gasteiger partial charge in [0.2, 0.25) is 0 Å². The molecule has 2 aliphatic rings. The normalized spacial score (nSPS) is 27.2. The summed E-state index contributed by atoms with van der Waals surface area (Å²) in [5, 5.41) is 0. The first kappa shape index (κ1) is 45.0. The second kappa shape index (κ2) is 21.1. The summed E-state index contributed by atoms with van der Waals surface area (Å²) in [6.07, 6.45) is -11.6. The number of hydrogen-bond acceptors (Lipinski definition) is 19. The third-order valence-corrected chi connectivity index (χ3v) is 8.03. The van der Waals surface area contributed by atoms with Gasteiger partial charge in [-0.1, -0.05) is 24.3 Å².